The molecule has 1 N–H and O–H groups in total. The maximum absolute atomic E-state index is 11.2. The van der Waals surface area contributed by atoms with E-state index in [4.69, 9.17) is 9.47 Å². The van der Waals surface area contributed by atoms with Crippen LogP contribution in [0.5, 0.6) is 17.2 Å². The van der Waals surface area contributed by atoms with Gasteiger partial charge >= 0.3 is 0 Å². The number of aryl methyl sites for hydroxylation is 1. The van der Waals surface area contributed by atoms with Crippen molar-refractivity contribution < 1.29 is 14.0 Å². The van der Waals surface area contributed by atoms with E-state index in [0.717, 1.165) is 51.5 Å². The van der Waals surface area contributed by atoms with E-state index in [1.807, 2.05) is 72.2 Å². The van der Waals surface area contributed by atoms with Gasteiger partial charge in [0.2, 0.25) is 0 Å². The molecule has 5 rings (SSSR count). The normalized spacial score (nSPS) is 12.1. The van der Waals surface area contributed by atoms with Crippen LogP contribution >= 0.6 is 0 Å². The Morgan fingerprint density at radius 3 is 2.77 bits per heavy atom. The van der Waals surface area contributed by atoms with Crippen LogP contribution in [0.2, 0.25) is 0 Å². The minimum absolute atomic E-state index is 0.510. The van der Waals surface area contributed by atoms with Gasteiger partial charge in [0.05, 0.1) is 18.4 Å². The molecule has 1 unspecified atom stereocenters. The molecule has 0 saturated carbocycles. The highest BCUT2D eigenvalue weighted by atomic mass is 32.2. The van der Waals surface area contributed by atoms with Crippen molar-refractivity contribution in [3.05, 3.63) is 79.0 Å². The molecule has 3 aromatic heterocycles. The zero-order chi connectivity index (χ0) is 24.2. The molecule has 0 radical (unpaired) electrons. The first-order chi connectivity index (χ1) is 17.0. The molecule has 0 aliphatic carbocycles. The minimum Gasteiger partial charge on any atom is -0.617 e. The lowest BCUT2D eigenvalue weighted by Crippen LogP contribution is -2.08. The van der Waals surface area contributed by atoms with Crippen LogP contribution in [-0.2, 0) is 11.2 Å². The zero-order valence-electron chi connectivity index (χ0n) is 19.5. The maximum atomic E-state index is 11.2. The van der Waals surface area contributed by atoms with Crippen molar-refractivity contribution in [3.63, 3.8) is 0 Å². The molecule has 5 aromatic rings. The van der Waals surface area contributed by atoms with E-state index in [2.05, 4.69) is 20.3 Å². The Labute approximate surface area is 206 Å². The summed E-state index contributed by atoms with van der Waals surface area (Å²) >= 11 is -0.814. The summed E-state index contributed by atoms with van der Waals surface area (Å²) < 4.78 is 25.1. The molecule has 178 valence electrons. The van der Waals surface area contributed by atoms with Gasteiger partial charge in [-0.15, -0.1) is 0 Å². The van der Waals surface area contributed by atoms with Gasteiger partial charge in [-0.3, -0.25) is 0 Å². The van der Waals surface area contributed by atoms with Crippen molar-refractivity contribution in [2.24, 2.45) is 0 Å². The van der Waals surface area contributed by atoms with Crippen molar-refractivity contribution in [1.82, 2.24) is 19.4 Å². The summed E-state index contributed by atoms with van der Waals surface area (Å²) in [5, 5.41) is 4.25. The number of pyridine rings is 1. The van der Waals surface area contributed by atoms with Gasteiger partial charge in [-0.1, -0.05) is 11.2 Å². The number of nitrogens with zero attached hydrogens (tertiary/aromatic N) is 4. The number of ether oxygens (including phenoxy) is 2. The Balaban J connectivity index is 1.32. The molecule has 0 fully saturated rings. The van der Waals surface area contributed by atoms with Gasteiger partial charge in [-0.05, 0) is 55.0 Å². The van der Waals surface area contributed by atoms with Crippen molar-refractivity contribution in [2.75, 3.05) is 23.9 Å². The van der Waals surface area contributed by atoms with E-state index in [1.165, 1.54) is 6.33 Å². The van der Waals surface area contributed by atoms with Crippen LogP contribution in [-0.4, -0.2) is 42.5 Å². The van der Waals surface area contributed by atoms with Crippen LogP contribution in [0.25, 0.3) is 16.6 Å². The van der Waals surface area contributed by atoms with E-state index >= 15 is 0 Å². The van der Waals surface area contributed by atoms with Gasteiger partial charge in [-0.25, -0.2) is 15.0 Å². The summed E-state index contributed by atoms with van der Waals surface area (Å²) in [6.45, 7) is 2.51. The molecular formula is C26H25N5O3S. The van der Waals surface area contributed by atoms with Crippen LogP contribution < -0.4 is 14.8 Å². The Kier molecular flexibility index (Phi) is 6.69. The number of anilines is 2. The third-order valence-corrected chi connectivity index (χ3v) is 6.35. The van der Waals surface area contributed by atoms with Crippen LogP contribution in [0.3, 0.4) is 0 Å². The standard InChI is InChI=1S/C26H25N5O3S/c1-18-14-19(4-7-24(18)34-21-8-10-31-11-9-27-25(31)16-21)30-26-22-15-20(33-12-3-13-35(2)32)5-6-23(22)28-17-29-26/h4-11,14-17H,3,12-13H2,1-2H3,(H,28,29,30). The highest BCUT2D eigenvalue weighted by Gasteiger charge is 2.09. The van der Waals surface area contributed by atoms with Crippen molar-refractivity contribution in [1.29, 1.82) is 0 Å². The van der Waals surface area contributed by atoms with Gasteiger partial charge in [0, 0.05) is 42.2 Å². The Hall–Kier alpha value is -3.82. The number of fused-ring (bicyclic) bond motifs is 2. The summed E-state index contributed by atoms with van der Waals surface area (Å²) in [6, 6.07) is 15.4. The quantitative estimate of drug-likeness (QED) is 0.223. The molecule has 0 aliphatic heterocycles. The van der Waals surface area contributed by atoms with Gasteiger partial charge in [0.1, 0.15) is 40.8 Å². The number of imidazole rings is 1. The molecule has 0 aliphatic rings. The lowest BCUT2D eigenvalue weighted by molar-refractivity contribution is 0.318. The van der Waals surface area contributed by atoms with Crippen LogP contribution in [0.1, 0.15) is 12.0 Å². The smallest absolute Gasteiger partial charge is 0.141 e. The fourth-order valence-corrected chi connectivity index (χ4v) is 4.26. The predicted octanol–water partition coefficient (Wildman–Crippen LogP) is 5.27. The SMILES string of the molecule is Cc1cc(Nc2ncnc3ccc(OCCC[S+](C)[O-])cc23)ccc1Oc1ccn2ccnc2c1. The van der Waals surface area contributed by atoms with Gasteiger partial charge in [0.25, 0.3) is 0 Å². The van der Waals surface area contributed by atoms with Crippen LogP contribution in [0, 0.1) is 6.92 Å². The van der Waals surface area contributed by atoms with Crippen molar-refractivity contribution >= 4 is 39.2 Å². The summed E-state index contributed by atoms with van der Waals surface area (Å²) in [6.07, 6.45) is 9.55. The van der Waals surface area contributed by atoms with E-state index in [-0.39, 0.29) is 0 Å². The minimum atomic E-state index is -0.814. The Bertz CT molecular complexity index is 1470. The second-order valence-corrected chi connectivity index (χ2v) is 9.70. The fourth-order valence-electron chi connectivity index (χ4n) is 3.74. The van der Waals surface area contributed by atoms with Gasteiger partial charge in [-0.2, -0.15) is 0 Å². The number of hydrogen-bond acceptors (Lipinski definition) is 7. The first-order valence-corrected chi connectivity index (χ1v) is 12.9. The number of nitrogens with one attached hydrogen (secondary N) is 1. The third-order valence-electron chi connectivity index (χ3n) is 5.49. The molecular weight excluding hydrogens is 462 g/mol. The second kappa shape index (κ2) is 10.2. The highest BCUT2D eigenvalue weighted by Crippen LogP contribution is 2.31. The number of aromatic nitrogens is 4. The largest absolute Gasteiger partial charge is 0.617 e. The maximum Gasteiger partial charge on any atom is 0.141 e. The van der Waals surface area contributed by atoms with E-state index in [0.29, 0.717) is 18.2 Å². The summed E-state index contributed by atoms with van der Waals surface area (Å²) in [7, 11) is 0. The average Bonchev–Trinajstić information content (AvgIpc) is 3.32. The Morgan fingerprint density at radius 1 is 1.00 bits per heavy atom. The molecule has 0 spiro atoms. The third kappa shape index (κ3) is 5.47. The first kappa shape index (κ1) is 22.9. The molecule has 35 heavy (non-hydrogen) atoms. The zero-order valence-corrected chi connectivity index (χ0v) is 20.3. The molecule has 8 nitrogen and oxygen atoms in total. The molecule has 3 heterocycles. The van der Waals surface area contributed by atoms with E-state index < -0.39 is 11.2 Å². The average molecular weight is 488 g/mol. The van der Waals surface area contributed by atoms with Crippen LogP contribution in [0.15, 0.2) is 73.4 Å². The van der Waals surface area contributed by atoms with Crippen LogP contribution in [0.4, 0.5) is 11.5 Å². The fraction of sp³-hybridized carbons (Fsp3) is 0.192. The molecule has 1 atom stereocenters. The highest BCUT2D eigenvalue weighted by molar-refractivity contribution is 7.90. The van der Waals surface area contributed by atoms with Gasteiger partial charge < -0.3 is 23.7 Å². The van der Waals surface area contributed by atoms with Gasteiger partial charge in [0.15, 0.2) is 0 Å². The molecule has 0 amide bonds. The molecule has 2 aromatic carbocycles. The van der Waals surface area contributed by atoms with E-state index in [9.17, 15) is 4.55 Å². The lowest BCUT2D eigenvalue weighted by Gasteiger charge is -2.13. The molecule has 0 saturated heterocycles. The summed E-state index contributed by atoms with van der Waals surface area (Å²) in [5.74, 6) is 3.54. The number of hydrogen-bond donors (Lipinski definition) is 1. The van der Waals surface area contributed by atoms with E-state index in [1.54, 1.807) is 12.5 Å². The number of benzene rings is 2. The summed E-state index contributed by atoms with van der Waals surface area (Å²) in [4.78, 5) is 13.1. The topological polar surface area (TPSA) is 96.6 Å². The first-order valence-electron chi connectivity index (χ1n) is 11.2. The Morgan fingerprint density at radius 2 is 1.91 bits per heavy atom. The molecule has 9 heteroatoms. The van der Waals surface area contributed by atoms with Crippen molar-refractivity contribution in [2.45, 2.75) is 13.3 Å². The molecule has 0 bridgehead atoms. The summed E-state index contributed by atoms with van der Waals surface area (Å²) in [5.41, 5.74) is 3.51. The lowest BCUT2D eigenvalue weighted by atomic mass is 10.2. The predicted molar refractivity (Wildman–Crippen MR) is 138 cm³/mol. The number of rotatable bonds is 9. The second-order valence-electron chi connectivity index (χ2n) is 8.14. The monoisotopic (exact) mass is 487 g/mol. The van der Waals surface area contributed by atoms with Crippen molar-refractivity contribution in [3.8, 4) is 17.2 Å².